The molecule has 90 valence electrons. The van der Waals surface area contributed by atoms with Crippen molar-refractivity contribution in [2.75, 3.05) is 13.6 Å². The SMILES string of the molecule is CN(CC(N)c1cccs1)C1CCCCC1. The molecule has 16 heavy (non-hydrogen) atoms. The Labute approximate surface area is 102 Å². The van der Waals surface area contributed by atoms with E-state index in [1.807, 2.05) is 0 Å². The lowest BCUT2D eigenvalue weighted by atomic mass is 9.94. The summed E-state index contributed by atoms with van der Waals surface area (Å²) in [6.45, 7) is 0.991. The van der Waals surface area contributed by atoms with Gasteiger partial charge in [-0.25, -0.2) is 0 Å². The Morgan fingerprint density at radius 3 is 2.81 bits per heavy atom. The van der Waals surface area contributed by atoms with E-state index in [9.17, 15) is 0 Å². The second-order valence-electron chi connectivity index (χ2n) is 4.85. The van der Waals surface area contributed by atoms with Crippen molar-refractivity contribution in [2.45, 2.75) is 44.2 Å². The van der Waals surface area contributed by atoms with E-state index in [0.717, 1.165) is 12.6 Å². The highest BCUT2D eigenvalue weighted by Gasteiger charge is 2.20. The summed E-state index contributed by atoms with van der Waals surface area (Å²) < 4.78 is 0. The summed E-state index contributed by atoms with van der Waals surface area (Å²) in [4.78, 5) is 3.77. The molecule has 0 aliphatic heterocycles. The van der Waals surface area contributed by atoms with Gasteiger partial charge in [-0.3, -0.25) is 0 Å². The molecule has 2 rings (SSSR count). The zero-order chi connectivity index (χ0) is 11.4. The van der Waals surface area contributed by atoms with E-state index < -0.39 is 0 Å². The average molecular weight is 238 g/mol. The molecule has 1 aromatic heterocycles. The van der Waals surface area contributed by atoms with Crippen LogP contribution < -0.4 is 5.73 Å². The third kappa shape index (κ3) is 3.06. The molecule has 0 radical (unpaired) electrons. The normalized spacial score (nSPS) is 20.2. The third-order valence-corrected chi connectivity index (χ3v) is 4.60. The molecule has 0 spiro atoms. The van der Waals surface area contributed by atoms with Crippen LogP contribution in [0.2, 0.25) is 0 Å². The third-order valence-electron chi connectivity index (χ3n) is 3.59. The van der Waals surface area contributed by atoms with Crippen molar-refractivity contribution in [1.29, 1.82) is 0 Å². The average Bonchev–Trinajstić information content (AvgIpc) is 2.83. The van der Waals surface area contributed by atoms with Crippen LogP contribution in [0.15, 0.2) is 17.5 Å². The predicted octanol–water partition coefficient (Wildman–Crippen LogP) is 3.01. The number of likely N-dealkylation sites (N-methyl/N-ethyl adjacent to an activating group) is 1. The molecule has 1 atom stereocenters. The highest BCUT2D eigenvalue weighted by Crippen LogP contribution is 2.24. The molecule has 1 fully saturated rings. The van der Waals surface area contributed by atoms with Crippen molar-refractivity contribution in [3.63, 3.8) is 0 Å². The second-order valence-corrected chi connectivity index (χ2v) is 5.83. The molecule has 2 N–H and O–H groups in total. The molecule has 0 saturated heterocycles. The molecule has 1 heterocycles. The number of nitrogens with zero attached hydrogens (tertiary/aromatic N) is 1. The first-order chi connectivity index (χ1) is 7.77. The van der Waals surface area contributed by atoms with Gasteiger partial charge in [-0.2, -0.15) is 0 Å². The molecule has 1 saturated carbocycles. The van der Waals surface area contributed by atoms with Crippen molar-refractivity contribution in [2.24, 2.45) is 5.73 Å². The molecule has 1 unspecified atom stereocenters. The minimum Gasteiger partial charge on any atom is -0.322 e. The standard InChI is InChI=1S/C13H22N2S/c1-15(11-6-3-2-4-7-11)10-12(14)13-8-5-9-16-13/h5,8-9,11-12H,2-4,6-7,10,14H2,1H3. The topological polar surface area (TPSA) is 29.3 Å². The molecule has 1 aliphatic rings. The van der Waals surface area contributed by atoms with Crippen LogP contribution >= 0.6 is 11.3 Å². The molecule has 3 heteroatoms. The van der Waals surface area contributed by atoms with Crippen molar-refractivity contribution in [1.82, 2.24) is 4.90 Å². The fraction of sp³-hybridized carbons (Fsp3) is 0.692. The van der Waals surface area contributed by atoms with Crippen molar-refractivity contribution < 1.29 is 0 Å². The molecular formula is C13H22N2S. The lowest BCUT2D eigenvalue weighted by Crippen LogP contribution is -2.38. The molecule has 0 amide bonds. The monoisotopic (exact) mass is 238 g/mol. The van der Waals surface area contributed by atoms with E-state index in [1.54, 1.807) is 11.3 Å². The maximum absolute atomic E-state index is 6.22. The number of hydrogen-bond acceptors (Lipinski definition) is 3. The minimum atomic E-state index is 0.187. The molecule has 0 aromatic carbocycles. The van der Waals surface area contributed by atoms with E-state index in [-0.39, 0.29) is 6.04 Å². The molecule has 0 bridgehead atoms. The van der Waals surface area contributed by atoms with E-state index in [4.69, 9.17) is 5.73 Å². The zero-order valence-electron chi connectivity index (χ0n) is 10.1. The zero-order valence-corrected chi connectivity index (χ0v) is 10.9. The first kappa shape index (κ1) is 12.1. The summed E-state index contributed by atoms with van der Waals surface area (Å²) >= 11 is 1.77. The molecule has 2 nitrogen and oxygen atoms in total. The Hall–Kier alpha value is -0.380. The Kier molecular flexibility index (Phi) is 4.38. The second kappa shape index (κ2) is 5.80. The van der Waals surface area contributed by atoms with E-state index >= 15 is 0 Å². The van der Waals surface area contributed by atoms with Gasteiger partial charge in [-0.1, -0.05) is 25.3 Å². The van der Waals surface area contributed by atoms with Crippen LogP contribution in [0.1, 0.15) is 43.0 Å². The Bertz CT molecular complexity index is 291. The van der Waals surface area contributed by atoms with Crippen molar-refractivity contribution in [3.8, 4) is 0 Å². The van der Waals surface area contributed by atoms with Crippen LogP contribution in [-0.4, -0.2) is 24.5 Å². The number of rotatable bonds is 4. The van der Waals surface area contributed by atoms with Crippen LogP contribution in [-0.2, 0) is 0 Å². The van der Waals surface area contributed by atoms with Crippen LogP contribution in [0.4, 0.5) is 0 Å². The van der Waals surface area contributed by atoms with E-state index in [0.29, 0.717) is 0 Å². The van der Waals surface area contributed by atoms with Gasteiger partial charge in [0, 0.05) is 17.5 Å². The van der Waals surface area contributed by atoms with Crippen LogP contribution in [0.3, 0.4) is 0 Å². The first-order valence-corrected chi connectivity index (χ1v) is 7.14. The first-order valence-electron chi connectivity index (χ1n) is 6.26. The maximum atomic E-state index is 6.22. The van der Waals surface area contributed by atoms with E-state index in [1.165, 1.54) is 37.0 Å². The number of hydrogen-bond donors (Lipinski definition) is 1. The van der Waals surface area contributed by atoms with Gasteiger partial charge >= 0.3 is 0 Å². The minimum absolute atomic E-state index is 0.187. The van der Waals surface area contributed by atoms with Gasteiger partial charge in [-0.05, 0) is 31.3 Å². The highest BCUT2D eigenvalue weighted by atomic mass is 32.1. The van der Waals surface area contributed by atoms with Gasteiger partial charge in [0.1, 0.15) is 0 Å². The van der Waals surface area contributed by atoms with Crippen LogP contribution in [0, 0.1) is 0 Å². The fourth-order valence-electron chi connectivity index (χ4n) is 2.57. The molecular weight excluding hydrogens is 216 g/mol. The summed E-state index contributed by atoms with van der Waals surface area (Å²) in [5.41, 5.74) is 6.22. The van der Waals surface area contributed by atoms with Gasteiger partial charge in [0.05, 0.1) is 6.04 Å². The lowest BCUT2D eigenvalue weighted by molar-refractivity contribution is 0.183. The molecule has 1 aromatic rings. The Balaban J connectivity index is 1.84. The Morgan fingerprint density at radius 1 is 1.44 bits per heavy atom. The lowest BCUT2D eigenvalue weighted by Gasteiger charge is -2.32. The summed E-state index contributed by atoms with van der Waals surface area (Å²) in [5, 5.41) is 2.11. The maximum Gasteiger partial charge on any atom is 0.0519 e. The van der Waals surface area contributed by atoms with Gasteiger partial charge in [0.15, 0.2) is 0 Å². The van der Waals surface area contributed by atoms with Crippen molar-refractivity contribution in [3.05, 3.63) is 22.4 Å². The highest BCUT2D eigenvalue weighted by molar-refractivity contribution is 7.10. The Morgan fingerprint density at radius 2 is 2.19 bits per heavy atom. The summed E-state index contributed by atoms with van der Waals surface area (Å²) in [6, 6.07) is 5.18. The smallest absolute Gasteiger partial charge is 0.0519 e. The van der Waals surface area contributed by atoms with Crippen LogP contribution in [0.25, 0.3) is 0 Å². The largest absolute Gasteiger partial charge is 0.322 e. The van der Waals surface area contributed by atoms with Gasteiger partial charge < -0.3 is 10.6 Å². The van der Waals surface area contributed by atoms with Gasteiger partial charge in [0.2, 0.25) is 0 Å². The summed E-state index contributed by atoms with van der Waals surface area (Å²) in [5.74, 6) is 0. The molecule has 1 aliphatic carbocycles. The number of thiophene rings is 1. The summed E-state index contributed by atoms with van der Waals surface area (Å²) in [6.07, 6.45) is 6.91. The fourth-order valence-corrected chi connectivity index (χ4v) is 3.29. The summed E-state index contributed by atoms with van der Waals surface area (Å²) in [7, 11) is 2.23. The van der Waals surface area contributed by atoms with E-state index in [2.05, 4.69) is 29.5 Å². The number of nitrogens with two attached hydrogens (primary N) is 1. The van der Waals surface area contributed by atoms with Gasteiger partial charge in [-0.15, -0.1) is 11.3 Å². The quantitative estimate of drug-likeness (QED) is 0.873. The van der Waals surface area contributed by atoms with Crippen molar-refractivity contribution >= 4 is 11.3 Å². The predicted molar refractivity (Wildman–Crippen MR) is 70.8 cm³/mol. The van der Waals surface area contributed by atoms with Gasteiger partial charge in [0.25, 0.3) is 0 Å². The van der Waals surface area contributed by atoms with Crippen LogP contribution in [0.5, 0.6) is 0 Å².